The quantitative estimate of drug-likeness (QED) is 0.897. The molecule has 1 aromatic carbocycles. The van der Waals surface area contributed by atoms with E-state index in [0.717, 1.165) is 61.2 Å². The number of rotatable bonds is 3. The highest BCUT2D eigenvalue weighted by Crippen LogP contribution is 2.25. The van der Waals surface area contributed by atoms with Gasteiger partial charge < -0.3 is 15.0 Å². The van der Waals surface area contributed by atoms with Crippen molar-refractivity contribution < 1.29 is 4.74 Å². The highest BCUT2D eigenvalue weighted by molar-refractivity contribution is 5.60. The van der Waals surface area contributed by atoms with Gasteiger partial charge in [0, 0.05) is 25.2 Å². The Kier molecular flexibility index (Phi) is 4.06. The topological polar surface area (TPSA) is 66.1 Å². The van der Waals surface area contributed by atoms with Crippen molar-refractivity contribution in [3.8, 4) is 17.1 Å². The predicted octanol–water partition coefficient (Wildman–Crippen LogP) is 1.59. The Morgan fingerprint density at radius 2 is 2.14 bits per heavy atom. The molecule has 1 aromatic heterocycles. The number of H-pyrrole nitrogens is 1. The summed E-state index contributed by atoms with van der Waals surface area (Å²) in [5.74, 6) is 2.41. The van der Waals surface area contributed by atoms with Crippen LogP contribution in [0.15, 0.2) is 18.2 Å². The molecular weight excluding hydrogens is 266 g/mol. The fourth-order valence-electron chi connectivity index (χ4n) is 2.54. The zero-order valence-corrected chi connectivity index (χ0v) is 12.5. The number of nitrogens with one attached hydrogen (secondary N) is 2. The molecule has 1 fully saturated rings. The monoisotopic (exact) mass is 287 g/mol. The van der Waals surface area contributed by atoms with Gasteiger partial charge in [-0.2, -0.15) is 4.98 Å². The van der Waals surface area contributed by atoms with Crippen molar-refractivity contribution in [3.05, 3.63) is 23.8 Å². The average molecular weight is 287 g/mol. The van der Waals surface area contributed by atoms with Gasteiger partial charge in [0.2, 0.25) is 5.95 Å². The maximum atomic E-state index is 5.37. The van der Waals surface area contributed by atoms with Crippen molar-refractivity contribution in [2.45, 2.75) is 13.3 Å². The molecule has 0 amide bonds. The maximum absolute atomic E-state index is 5.37. The minimum absolute atomic E-state index is 0.772. The van der Waals surface area contributed by atoms with E-state index in [1.165, 1.54) is 0 Å². The minimum atomic E-state index is 0.772. The second-order valence-corrected chi connectivity index (χ2v) is 5.26. The van der Waals surface area contributed by atoms with Crippen LogP contribution in [0.1, 0.15) is 12.0 Å². The van der Waals surface area contributed by atoms with Gasteiger partial charge in [0.1, 0.15) is 5.75 Å². The van der Waals surface area contributed by atoms with E-state index in [-0.39, 0.29) is 0 Å². The molecular formula is C15H21N5O. The van der Waals surface area contributed by atoms with E-state index in [1.807, 2.05) is 25.1 Å². The van der Waals surface area contributed by atoms with Gasteiger partial charge in [-0.1, -0.05) is 12.1 Å². The molecule has 0 spiro atoms. The van der Waals surface area contributed by atoms with Crippen LogP contribution in [0, 0.1) is 6.92 Å². The normalized spacial score (nSPS) is 15.8. The van der Waals surface area contributed by atoms with Gasteiger partial charge in [-0.05, 0) is 31.5 Å². The van der Waals surface area contributed by atoms with Gasteiger partial charge in [0.15, 0.2) is 5.82 Å². The number of hydrogen-bond donors (Lipinski definition) is 2. The van der Waals surface area contributed by atoms with E-state index in [1.54, 1.807) is 7.11 Å². The highest BCUT2D eigenvalue weighted by Gasteiger charge is 2.15. The number of nitrogens with zero attached hydrogens (tertiary/aromatic N) is 3. The zero-order valence-electron chi connectivity index (χ0n) is 12.5. The van der Waals surface area contributed by atoms with E-state index in [2.05, 4.69) is 25.4 Å². The molecule has 0 atom stereocenters. The van der Waals surface area contributed by atoms with Crippen LogP contribution in [0.25, 0.3) is 11.4 Å². The van der Waals surface area contributed by atoms with Crippen LogP contribution in [-0.4, -0.2) is 48.5 Å². The lowest BCUT2D eigenvalue weighted by Crippen LogP contribution is -2.28. The lowest BCUT2D eigenvalue weighted by atomic mass is 10.1. The van der Waals surface area contributed by atoms with Gasteiger partial charge in [0.25, 0.3) is 0 Å². The van der Waals surface area contributed by atoms with Crippen molar-refractivity contribution in [1.82, 2.24) is 20.5 Å². The number of aromatic nitrogens is 3. The molecule has 0 aliphatic carbocycles. The number of aromatic amines is 1. The molecule has 1 aliphatic rings. The van der Waals surface area contributed by atoms with E-state index in [9.17, 15) is 0 Å². The van der Waals surface area contributed by atoms with E-state index in [0.29, 0.717) is 0 Å². The van der Waals surface area contributed by atoms with Crippen molar-refractivity contribution in [2.75, 3.05) is 38.2 Å². The molecule has 0 unspecified atom stereocenters. The summed E-state index contributed by atoms with van der Waals surface area (Å²) in [6.45, 7) is 5.99. The smallest absolute Gasteiger partial charge is 0.245 e. The first-order chi connectivity index (χ1) is 10.3. The van der Waals surface area contributed by atoms with Crippen LogP contribution in [0.2, 0.25) is 0 Å². The van der Waals surface area contributed by atoms with Crippen LogP contribution in [0.4, 0.5) is 5.95 Å². The second kappa shape index (κ2) is 6.13. The average Bonchev–Trinajstić information content (AvgIpc) is 2.83. The molecule has 3 rings (SSSR count). The van der Waals surface area contributed by atoms with Gasteiger partial charge in [-0.25, -0.2) is 0 Å². The maximum Gasteiger partial charge on any atom is 0.245 e. The highest BCUT2D eigenvalue weighted by atomic mass is 16.5. The molecule has 6 heteroatoms. The lowest BCUT2D eigenvalue weighted by molar-refractivity contribution is 0.412. The van der Waals surface area contributed by atoms with E-state index < -0.39 is 0 Å². The number of methoxy groups -OCH3 is 1. The first-order valence-corrected chi connectivity index (χ1v) is 7.31. The number of aryl methyl sites for hydroxylation is 1. The largest absolute Gasteiger partial charge is 0.496 e. The van der Waals surface area contributed by atoms with Crippen LogP contribution in [-0.2, 0) is 0 Å². The van der Waals surface area contributed by atoms with Crippen LogP contribution < -0.4 is 15.0 Å². The van der Waals surface area contributed by atoms with Crippen molar-refractivity contribution in [2.24, 2.45) is 0 Å². The number of benzene rings is 1. The summed E-state index contributed by atoms with van der Waals surface area (Å²) < 4.78 is 5.37. The first kappa shape index (κ1) is 13.9. The van der Waals surface area contributed by atoms with Gasteiger partial charge >= 0.3 is 0 Å². The predicted molar refractivity (Wildman–Crippen MR) is 82.8 cm³/mol. The second-order valence-electron chi connectivity index (χ2n) is 5.26. The Morgan fingerprint density at radius 1 is 1.24 bits per heavy atom. The molecule has 1 aliphatic heterocycles. The standard InChI is InChI=1S/C15H21N5O/c1-11-4-5-12(10-13(11)21-2)14-17-15(19-18-14)20-8-3-6-16-7-9-20/h4-5,10,16H,3,6-9H2,1-2H3,(H,17,18,19). The zero-order chi connectivity index (χ0) is 14.7. The Labute approximate surface area is 124 Å². The summed E-state index contributed by atoms with van der Waals surface area (Å²) in [5.41, 5.74) is 2.10. The molecule has 0 bridgehead atoms. The third kappa shape index (κ3) is 3.00. The number of anilines is 1. The molecule has 2 aromatic rings. The summed E-state index contributed by atoms with van der Waals surface area (Å²) in [6, 6.07) is 6.06. The summed E-state index contributed by atoms with van der Waals surface area (Å²) >= 11 is 0. The first-order valence-electron chi connectivity index (χ1n) is 7.31. The van der Waals surface area contributed by atoms with Crippen molar-refractivity contribution in [3.63, 3.8) is 0 Å². The van der Waals surface area contributed by atoms with Crippen LogP contribution >= 0.6 is 0 Å². The SMILES string of the molecule is COc1cc(-c2nc(N3CCCNCC3)n[nH]2)ccc1C. The fourth-order valence-corrected chi connectivity index (χ4v) is 2.54. The third-order valence-corrected chi connectivity index (χ3v) is 3.78. The summed E-state index contributed by atoms with van der Waals surface area (Å²) in [5, 5.41) is 10.8. The number of hydrogen-bond acceptors (Lipinski definition) is 5. The van der Waals surface area contributed by atoms with Gasteiger partial charge in [-0.15, -0.1) is 5.10 Å². The minimum Gasteiger partial charge on any atom is -0.496 e. The van der Waals surface area contributed by atoms with Crippen LogP contribution in [0.5, 0.6) is 5.75 Å². The Balaban J connectivity index is 1.84. The third-order valence-electron chi connectivity index (χ3n) is 3.78. The summed E-state index contributed by atoms with van der Waals surface area (Å²) in [7, 11) is 1.68. The molecule has 0 saturated carbocycles. The molecule has 112 valence electrons. The Morgan fingerprint density at radius 3 is 3.00 bits per heavy atom. The molecule has 0 radical (unpaired) electrons. The van der Waals surface area contributed by atoms with Gasteiger partial charge in [0.05, 0.1) is 7.11 Å². The lowest BCUT2D eigenvalue weighted by Gasteiger charge is -2.16. The van der Waals surface area contributed by atoms with Crippen molar-refractivity contribution in [1.29, 1.82) is 0 Å². The molecule has 1 saturated heterocycles. The molecule has 6 nitrogen and oxygen atoms in total. The summed E-state index contributed by atoms with van der Waals surface area (Å²) in [6.07, 6.45) is 1.11. The van der Waals surface area contributed by atoms with Crippen molar-refractivity contribution >= 4 is 5.95 Å². The number of ether oxygens (including phenoxy) is 1. The molecule has 2 heterocycles. The van der Waals surface area contributed by atoms with Crippen LogP contribution in [0.3, 0.4) is 0 Å². The van der Waals surface area contributed by atoms with E-state index >= 15 is 0 Å². The fraction of sp³-hybridized carbons (Fsp3) is 0.467. The molecule has 21 heavy (non-hydrogen) atoms. The molecule has 2 N–H and O–H groups in total. The Hall–Kier alpha value is -2.08. The Bertz CT molecular complexity index is 602. The van der Waals surface area contributed by atoms with E-state index in [4.69, 9.17) is 4.74 Å². The van der Waals surface area contributed by atoms with Gasteiger partial charge in [-0.3, -0.25) is 5.10 Å². The summed E-state index contributed by atoms with van der Waals surface area (Å²) in [4.78, 5) is 6.84.